The first kappa shape index (κ1) is 17.0. The topological polar surface area (TPSA) is 61.3 Å². The predicted molar refractivity (Wildman–Crippen MR) is 97.6 cm³/mol. The van der Waals surface area contributed by atoms with Crippen LogP contribution in [0.3, 0.4) is 0 Å². The number of piperidine rings is 1. The van der Waals surface area contributed by atoms with Crippen LogP contribution in [0, 0.1) is 0 Å². The Bertz CT molecular complexity index is 686. The molecular formula is C18H23ClN4O. The normalized spacial score (nSPS) is 17.4. The van der Waals surface area contributed by atoms with Gasteiger partial charge in [-0.15, -0.1) is 0 Å². The van der Waals surface area contributed by atoms with E-state index in [0.717, 1.165) is 24.5 Å². The fourth-order valence-electron chi connectivity index (χ4n) is 2.93. The highest BCUT2D eigenvalue weighted by atomic mass is 35.5. The van der Waals surface area contributed by atoms with Crippen molar-refractivity contribution in [1.82, 2.24) is 9.97 Å². The Balaban J connectivity index is 1.67. The van der Waals surface area contributed by atoms with Crippen LogP contribution in [0.15, 0.2) is 36.7 Å². The van der Waals surface area contributed by atoms with E-state index < -0.39 is 5.60 Å². The number of aromatic nitrogens is 2. The van der Waals surface area contributed by atoms with Gasteiger partial charge < -0.3 is 15.3 Å². The molecule has 2 aromatic rings. The van der Waals surface area contributed by atoms with Crippen LogP contribution in [0.2, 0.25) is 5.02 Å². The molecule has 1 saturated heterocycles. The lowest BCUT2D eigenvalue weighted by molar-refractivity contribution is 0.0714. The minimum atomic E-state index is -1.04. The highest BCUT2D eigenvalue weighted by Gasteiger charge is 2.23. The Labute approximate surface area is 147 Å². The number of benzene rings is 1. The summed E-state index contributed by atoms with van der Waals surface area (Å²) in [5, 5.41) is 14.5. The number of rotatable bonds is 5. The molecule has 2 N–H and O–H groups in total. The highest BCUT2D eigenvalue weighted by molar-refractivity contribution is 6.30. The number of hydrogen-bond donors (Lipinski definition) is 2. The van der Waals surface area contributed by atoms with E-state index in [9.17, 15) is 5.11 Å². The van der Waals surface area contributed by atoms with E-state index in [0.29, 0.717) is 17.4 Å². The zero-order chi connectivity index (χ0) is 17.0. The van der Waals surface area contributed by atoms with Crippen molar-refractivity contribution in [2.24, 2.45) is 0 Å². The van der Waals surface area contributed by atoms with Crippen LogP contribution in [0.5, 0.6) is 0 Å². The Morgan fingerprint density at radius 1 is 1.21 bits per heavy atom. The van der Waals surface area contributed by atoms with Crippen LogP contribution in [-0.2, 0) is 5.60 Å². The highest BCUT2D eigenvalue weighted by Crippen LogP contribution is 2.25. The summed E-state index contributed by atoms with van der Waals surface area (Å²) in [5.74, 6) is 1.66. The number of halogens is 1. The Kier molecular flexibility index (Phi) is 5.21. The third-order valence-electron chi connectivity index (χ3n) is 4.39. The van der Waals surface area contributed by atoms with E-state index in [2.05, 4.69) is 20.2 Å². The third-order valence-corrected chi connectivity index (χ3v) is 4.63. The van der Waals surface area contributed by atoms with Crippen LogP contribution in [0.4, 0.5) is 11.6 Å². The Morgan fingerprint density at radius 3 is 2.75 bits per heavy atom. The average molecular weight is 347 g/mol. The van der Waals surface area contributed by atoms with Crippen LogP contribution in [0.1, 0.15) is 31.7 Å². The van der Waals surface area contributed by atoms with Crippen molar-refractivity contribution in [1.29, 1.82) is 0 Å². The average Bonchev–Trinajstić information content (AvgIpc) is 2.61. The molecule has 2 heterocycles. The minimum Gasteiger partial charge on any atom is -0.384 e. The van der Waals surface area contributed by atoms with Gasteiger partial charge in [0, 0.05) is 30.7 Å². The molecule has 1 atom stereocenters. The molecule has 0 saturated carbocycles. The molecule has 1 fully saturated rings. The maximum absolute atomic E-state index is 10.7. The molecule has 1 aromatic heterocycles. The molecule has 0 radical (unpaired) electrons. The smallest absolute Gasteiger partial charge is 0.134 e. The number of hydrogen-bond acceptors (Lipinski definition) is 5. The molecule has 1 unspecified atom stereocenters. The molecule has 6 heteroatoms. The molecule has 0 aliphatic carbocycles. The zero-order valence-corrected chi connectivity index (χ0v) is 14.6. The number of aliphatic hydroxyl groups is 1. The molecule has 0 bridgehead atoms. The summed E-state index contributed by atoms with van der Waals surface area (Å²) in [6.07, 6.45) is 5.27. The summed E-state index contributed by atoms with van der Waals surface area (Å²) >= 11 is 6.02. The molecular weight excluding hydrogens is 324 g/mol. The summed E-state index contributed by atoms with van der Waals surface area (Å²) in [7, 11) is 0. The van der Waals surface area contributed by atoms with Gasteiger partial charge in [0.1, 0.15) is 23.6 Å². The van der Waals surface area contributed by atoms with Gasteiger partial charge in [-0.3, -0.25) is 0 Å². The summed E-state index contributed by atoms with van der Waals surface area (Å²) < 4.78 is 0. The standard InChI is InChI=1S/C18H23ClN4O/c1-18(24,14-6-5-7-15(19)10-14)12-20-16-11-17(22-13-21-16)23-8-3-2-4-9-23/h5-7,10-11,13,24H,2-4,8-9,12H2,1H3,(H,20,21,22). The van der Waals surface area contributed by atoms with Crippen LogP contribution >= 0.6 is 11.6 Å². The maximum Gasteiger partial charge on any atom is 0.134 e. The van der Waals surface area contributed by atoms with Gasteiger partial charge in [0.25, 0.3) is 0 Å². The third kappa shape index (κ3) is 4.16. The second kappa shape index (κ2) is 7.36. The lowest BCUT2D eigenvalue weighted by Crippen LogP contribution is -2.32. The molecule has 1 aromatic carbocycles. The lowest BCUT2D eigenvalue weighted by Gasteiger charge is -2.28. The summed E-state index contributed by atoms with van der Waals surface area (Å²) in [4.78, 5) is 10.9. The maximum atomic E-state index is 10.7. The number of nitrogens with one attached hydrogen (secondary N) is 1. The van der Waals surface area contributed by atoms with E-state index in [-0.39, 0.29) is 0 Å². The Hall–Kier alpha value is -1.85. The van der Waals surface area contributed by atoms with Crippen molar-refractivity contribution in [3.63, 3.8) is 0 Å². The van der Waals surface area contributed by atoms with Gasteiger partial charge >= 0.3 is 0 Å². The summed E-state index contributed by atoms with van der Waals surface area (Å²) in [5.41, 5.74) is -0.269. The van der Waals surface area contributed by atoms with Crippen molar-refractivity contribution >= 4 is 23.2 Å². The first-order valence-electron chi connectivity index (χ1n) is 8.34. The van der Waals surface area contributed by atoms with Gasteiger partial charge in [0.15, 0.2) is 0 Å². The molecule has 128 valence electrons. The summed E-state index contributed by atoms with van der Waals surface area (Å²) in [6.45, 7) is 4.18. The molecule has 0 amide bonds. The van der Waals surface area contributed by atoms with E-state index in [1.165, 1.54) is 19.3 Å². The van der Waals surface area contributed by atoms with E-state index >= 15 is 0 Å². The quantitative estimate of drug-likeness (QED) is 0.868. The van der Waals surface area contributed by atoms with Crippen LogP contribution in [0.25, 0.3) is 0 Å². The minimum absolute atomic E-state index is 0.337. The van der Waals surface area contributed by atoms with Crippen molar-refractivity contribution < 1.29 is 5.11 Å². The second-order valence-electron chi connectivity index (χ2n) is 6.45. The van der Waals surface area contributed by atoms with Gasteiger partial charge in [-0.1, -0.05) is 23.7 Å². The molecule has 1 aliphatic rings. The van der Waals surface area contributed by atoms with Crippen LogP contribution in [-0.4, -0.2) is 34.7 Å². The fraction of sp³-hybridized carbons (Fsp3) is 0.444. The SMILES string of the molecule is CC(O)(CNc1cc(N2CCCCC2)ncn1)c1cccc(Cl)c1. The summed E-state index contributed by atoms with van der Waals surface area (Å²) in [6, 6.07) is 9.23. The first-order chi connectivity index (χ1) is 11.5. The fourth-order valence-corrected chi connectivity index (χ4v) is 3.12. The van der Waals surface area contributed by atoms with Crippen molar-refractivity contribution in [2.45, 2.75) is 31.8 Å². The van der Waals surface area contributed by atoms with Crippen molar-refractivity contribution in [3.8, 4) is 0 Å². The molecule has 1 aliphatic heterocycles. The zero-order valence-electron chi connectivity index (χ0n) is 13.9. The lowest BCUT2D eigenvalue weighted by atomic mass is 9.96. The number of nitrogens with zero attached hydrogens (tertiary/aromatic N) is 3. The largest absolute Gasteiger partial charge is 0.384 e. The first-order valence-corrected chi connectivity index (χ1v) is 8.72. The number of anilines is 2. The second-order valence-corrected chi connectivity index (χ2v) is 6.88. The van der Waals surface area contributed by atoms with E-state index in [4.69, 9.17) is 11.6 Å². The molecule has 24 heavy (non-hydrogen) atoms. The van der Waals surface area contributed by atoms with E-state index in [1.807, 2.05) is 18.2 Å². The molecule has 3 rings (SSSR count). The van der Waals surface area contributed by atoms with Crippen molar-refractivity contribution in [2.75, 3.05) is 29.9 Å². The van der Waals surface area contributed by atoms with Gasteiger partial charge in [0.05, 0.1) is 0 Å². The van der Waals surface area contributed by atoms with E-state index in [1.54, 1.807) is 25.4 Å². The van der Waals surface area contributed by atoms with Crippen LogP contribution < -0.4 is 10.2 Å². The van der Waals surface area contributed by atoms with Gasteiger partial charge in [-0.05, 0) is 43.9 Å². The predicted octanol–water partition coefficient (Wildman–Crippen LogP) is 3.44. The van der Waals surface area contributed by atoms with Crippen molar-refractivity contribution in [3.05, 3.63) is 47.2 Å². The van der Waals surface area contributed by atoms with Gasteiger partial charge in [-0.2, -0.15) is 0 Å². The van der Waals surface area contributed by atoms with Gasteiger partial charge in [0.2, 0.25) is 0 Å². The van der Waals surface area contributed by atoms with Gasteiger partial charge in [-0.25, -0.2) is 9.97 Å². The Morgan fingerprint density at radius 2 is 2.00 bits per heavy atom. The molecule has 5 nitrogen and oxygen atoms in total. The monoisotopic (exact) mass is 346 g/mol. The molecule has 0 spiro atoms.